The summed E-state index contributed by atoms with van der Waals surface area (Å²) in [6.45, 7) is 0.551. The van der Waals surface area contributed by atoms with Crippen LogP contribution in [0, 0.1) is 26.6 Å². The van der Waals surface area contributed by atoms with Gasteiger partial charge in [0.2, 0.25) is 15.9 Å². The van der Waals surface area contributed by atoms with Crippen LogP contribution < -0.4 is 5.32 Å². The minimum absolute atomic E-state index is 0. The van der Waals surface area contributed by atoms with Crippen LogP contribution in [0.5, 0.6) is 0 Å². The summed E-state index contributed by atoms with van der Waals surface area (Å²) in [5.74, 6) is 0.0346. The zero-order valence-corrected chi connectivity index (χ0v) is 19.6. The van der Waals surface area contributed by atoms with Crippen LogP contribution in [0.2, 0.25) is 5.02 Å². The molecule has 8 heteroatoms. The smallest absolute Gasteiger partial charge is 0.246 e. The topological polar surface area (TPSA) is 66.5 Å². The van der Waals surface area contributed by atoms with Crippen LogP contribution in [0.15, 0.2) is 23.1 Å². The maximum atomic E-state index is 14.2. The van der Waals surface area contributed by atoms with Gasteiger partial charge in [0.15, 0.2) is 0 Å². The first-order valence-electron chi connectivity index (χ1n) is 10.5. The Morgan fingerprint density at radius 3 is 2.39 bits per heavy atom. The second kappa shape index (κ2) is 12.8. The van der Waals surface area contributed by atoms with E-state index in [0.717, 1.165) is 63.0 Å². The molecule has 1 saturated carbocycles. The highest BCUT2D eigenvalue weighted by Gasteiger charge is 2.35. The molecule has 1 aromatic carbocycles. The highest BCUT2D eigenvalue weighted by Crippen LogP contribution is 2.29. The summed E-state index contributed by atoms with van der Waals surface area (Å²) in [5.41, 5.74) is 0. The molecule has 0 spiro atoms. The van der Waals surface area contributed by atoms with Crippen LogP contribution in [-0.4, -0.2) is 37.8 Å². The fraction of sp³-hybridized carbons (Fsp3) is 0.565. The first kappa shape index (κ1) is 27.9. The second-order valence-corrected chi connectivity index (χ2v) is 10.2. The average molecular weight is 472 g/mol. The lowest BCUT2D eigenvalue weighted by molar-refractivity contribution is -0.120. The predicted octanol–water partition coefficient (Wildman–Crippen LogP) is 5.11. The van der Waals surface area contributed by atoms with E-state index in [1.807, 2.05) is 0 Å². The van der Waals surface area contributed by atoms with Crippen molar-refractivity contribution in [3.63, 3.8) is 0 Å². The molecule has 1 atom stereocenters. The normalized spacial score (nSPS) is 21.2. The van der Waals surface area contributed by atoms with Crippen LogP contribution in [0.4, 0.5) is 4.39 Å². The number of nitrogens with one attached hydrogen (secondary N) is 1. The van der Waals surface area contributed by atoms with E-state index in [2.05, 4.69) is 5.32 Å². The third kappa shape index (κ3) is 7.16. The second-order valence-electron chi connectivity index (χ2n) is 7.92. The number of benzene rings is 1. The van der Waals surface area contributed by atoms with E-state index < -0.39 is 20.7 Å². The molecule has 2 fully saturated rings. The van der Waals surface area contributed by atoms with Crippen molar-refractivity contribution in [1.82, 2.24) is 9.62 Å². The number of hydrogen-bond acceptors (Lipinski definition) is 3. The van der Waals surface area contributed by atoms with E-state index in [4.69, 9.17) is 11.6 Å². The van der Waals surface area contributed by atoms with Crippen molar-refractivity contribution >= 4 is 27.5 Å². The van der Waals surface area contributed by atoms with Gasteiger partial charge in [0.05, 0.1) is 5.92 Å². The number of carbonyl (C=O) groups is 1. The Kier molecular flexibility index (Phi) is 11.5. The molecular weight excluding hydrogens is 439 g/mol. The first-order valence-corrected chi connectivity index (χ1v) is 12.3. The van der Waals surface area contributed by atoms with Gasteiger partial charge in [-0.05, 0) is 43.9 Å². The van der Waals surface area contributed by atoms with Gasteiger partial charge < -0.3 is 5.32 Å². The van der Waals surface area contributed by atoms with Crippen LogP contribution >= 0.6 is 11.6 Å². The molecule has 1 N–H and O–H groups in total. The van der Waals surface area contributed by atoms with Crippen molar-refractivity contribution in [3.05, 3.63) is 49.8 Å². The van der Waals surface area contributed by atoms with Crippen LogP contribution in [0.25, 0.3) is 0 Å². The van der Waals surface area contributed by atoms with E-state index in [1.165, 1.54) is 16.8 Å². The fourth-order valence-electron chi connectivity index (χ4n) is 4.19. The molecule has 1 saturated heterocycles. The molecule has 1 aliphatic carbocycles. The Bertz CT molecular complexity index is 811. The lowest BCUT2D eigenvalue weighted by Crippen LogP contribution is -2.50. The van der Waals surface area contributed by atoms with Crippen molar-refractivity contribution < 1.29 is 17.6 Å². The molecule has 5 radical (unpaired) electrons. The average Bonchev–Trinajstić information content (AvgIpc) is 2.68. The number of rotatable bonds is 5. The minimum atomic E-state index is -4.03. The number of nitrogens with zero attached hydrogens (tertiary/aromatic N) is 1. The quantitative estimate of drug-likeness (QED) is 0.648. The summed E-state index contributed by atoms with van der Waals surface area (Å²) >= 11 is 5.90. The summed E-state index contributed by atoms with van der Waals surface area (Å²) in [6, 6.07) is 3.17. The van der Waals surface area contributed by atoms with Gasteiger partial charge in [0.1, 0.15) is 10.7 Å². The zero-order valence-electron chi connectivity index (χ0n) is 18.0. The molecule has 3 rings (SSSR count). The number of amides is 1. The van der Waals surface area contributed by atoms with Gasteiger partial charge in [0.25, 0.3) is 0 Å². The Morgan fingerprint density at radius 2 is 1.71 bits per heavy atom. The number of halogens is 2. The van der Waals surface area contributed by atoms with Gasteiger partial charge in [-0.25, -0.2) is 12.8 Å². The Hall–Kier alpha value is -1.18. The molecule has 1 aliphatic heterocycles. The van der Waals surface area contributed by atoms with Crippen molar-refractivity contribution in [2.45, 2.75) is 75.1 Å². The third-order valence-electron chi connectivity index (χ3n) is 5.83. The van der Waals surface area contributed by atoms with Crippen LogP contribution in [0.1, 0.15) is 64.2 Å². The first-order chi connectivity index (χ1) is 13.9. The molecule has 1 aromatic rings. The molecule has 2 aliphatic rings. The van der Waals surface area contributed by atoms with Gasteiger partial charge >= 0.3 is 0 Å². The zero-order chi connectivity index (χ0) is 20.9. The van der Waals surface area contributed by atoms with Gasteiger partial charge in [-0.1, -0.05) is 65.0 Å². The number of carbonyl (C=O) groups excluding carboxylic acids is 1. The fourth-order valence-corrected chi connectivity index (χ4v) is 6.21. The van der Waals surface area contributed by atoms with Crippen molar-refractivity contribution in [2.24, 2.45) is 0 Å². The van der Waals surface area contributed by atoms with Crippen molar-refractivity contribution in [3.8, 4) is 0 Å². The molecule has 1 unspecified atom stereocenters. The number of hydrogen-bond donors (Lipinski definition) is 1. The monoisotopic (exact) mass is 471 g/mol. The van der Waals surface area contributed by atoms with Crippen molar-refractivity contribution in [2.75, 3.05) is 13.1 Å². The predicted molar refractivity (Wildman–Crippen MR) is 122 cm³/mol. The molecule has 0 aromatic heterocycles. The van der Waals surface area contributed by atoms with E-state index in [-0.39, 0.29) is 38.4 Å². The van der Waals surface area contributed by atoms with Crippen LogP contribution in [0.3, 0.4) is 0 Å². The van der Waals surface area contributed by atoms with E-state index >= 15 is 0 Å². The molecular formula is C23H33ClFN2O3S. The van der Waals surface area contributed by atoms with E-state index in [1.54, 1.807) is 0 Å². The summed E-state index contributed by atoms with van der Waals surface area (Å²) in [6.07, 6.45) is 9.43. The summed E-state index contributed by atoms with van der Waals surface area (Å²) in [7, 11) is -4.03. The maximum Gasteiger partial charge on any atom is 0.246 e. The third-order valence-corrected chi connectivity index (χ3v) is 8.03. The molecule has 0 bridgehead atoms. The lowest BCUT2D eigenvalue weighted by atomic mass is 9.90. The van der Waals surface area contributed by atoms with Crippen molar-refractivity contribution in [1.29, 1.82) is 0 Å². The van der Waals surface area contributed by atoms with E-state index in [9.17, 15) is 17.6 Å². The van der Waals surface area contributed by atoms with Gasteiger partial charge in [-0.15, -0.1) is 0 Å². The minimum Gasteiger partial charge on any atom is -0.354 e. The summed E-state index contributed by atoms with van der Waals surface area (Å²) in [4.78, 5) is 12.2. The molecule has 173 valence electrons. The number of sulfonamides is 1. The van der Waals surface area contributed by atoms with Gasteiger partial charge in [0, 0.05) is 24.2 Å². The van der Waals surface area contributed by atoms with Gasteiger partial charge in [-0.2, -0.15) is 4.31 Å². The largest absolute Gasteiger partial charge is 0.354 e. The molecule has 1 heterocycles. The molecule has 31 heavy (non-hydrogen) atoms. The summed E-state index contributed by atoms with van der Waals surface area (Å²) < 4.78 is 41.8. The SMILES string of the molecule is O=C(NCC1CCCCN1S(=O)(=O)c1cc(Cl)ccc1F)[C]1CCCCCCC1.[CH2].[CH2]. The molecule has 5 nitrogen and oxygen atoms in total. The highest BCUT2D eigenvalue weighted by atomic mass is 35.5. The Morgan fingerprint density at radius 1 is 1.06 bits per heavy atom. The maximum absolute atomic E-state index is 14.2. The standard InChI is InChI=1S/C21H29ClFN2O3S.2CH2/c22-17-11-12-19(23)20(14-17)29(27,28)25-13-7-6-10-18(25)15-24-21(26)16-8-4-2-1-3-5-9-16;;/h11-12,14,18H,1-10,13,15H2,(H,24,26);2*1H2. The number of piperidine rings is 1. The Balaban J connectivity index is 0.00000240. The Labute approximate surface area is 192 Å². The summed E-state index contributed by atoms with van der Waals surface area (Å²) in [5, 5.41) is 3.12. The van der Waals surface area contributed by atoms with Crippen LogP contribution in [-0.2, 0) is 14.8 Å². The van der Waals surface area contributed by atoms with Gasteiger partial charge in [-0.3, -0.25) is 4.79 Å². The molecule has 1 amide bonds. The highest BCUT2D eigenvalue weighted by molar-refractivity contribution is 7.89. The lowest BCUT2D eigenvalue weighted by Gasteiger charge is -2.35. The van der Waals surface area contributed by atoms with E-state index in [0.29, 0.717) is 19.4 Å².